The highest BCUT2D eigenvalue weighted by molar-refractivity contribution is 5.79. The average molecular weight is 291 g/mol. The van der Waals surface area contributed by atoms with Crippen LogP contribution in [-0.4, -0.2) is 32.9 Å². The van der Waals surface area contributed by atoms with Crippen LogP contribution in [0.25, 0.3) is 0 Å². The minimum atomic E-state index is -4.48. The summed E-state index contributed by atoms with van der Waals surface area (Å²) in [6, 6.07) is 0.579. The number of aliphatic carboxylic acids is 1. The van der Waals surface area contributed by atoms with Gasteiger partial charge >= 0.3 is 12.1 Å². The maximum atomic E-state index is 12.5. The summed E-state index contributed by atoms with van der Waals surface area (Å²) >= 11 is 0. The topological polar surface area (TPSA) is 67.2 Å². The van der Waals surface area contributed by atoms with Crippen LogP contribution >= 0.6 is 0 Å². The molecular weight excluding hydrogens is 275 g/mol. The lowest BCUT2D eigenvalue weighted by Gasteiger charge is -2.25. The first-order valence-electron chi connectivity index (χ1n) is 6.39. The molecule has 0 saturated heterocycles. The SMILES string of the molecule is CCNC1(C(=O)O)CCC(n2ccc(C(F)(F)F)n2)C1. The third-order valence-electron chi connectivity index (χ3n) is 3.69. The van der Waals surface area contributed by atoms with Crippen molar-refractivity contribution < 1.29 is 23.1 Å². The van der Waals surface area contributed by atoms with E-state index in [9.17, 15) is 23.1 Å². The molecule has 0 aromatic carbocycles. The molecule has 0 aliphatic heterocycles. The number of nitrogens with one attached hydrogen (secondary N) is 1. The van der Waals surface area contributed by atoms with E-state index in [0.29, 0.717) is 19.4 Å². The summed E-state index contributed by atoms with van der Waals surface area (Å²) < 4.78 is 38.7. The highest BCUT2D eigenvalue weighted by Gasteiger charge is 2.46. The van der Waals surface area contributed by atoms with Gasteiger partial charge in [0.05, 0.1) is 6.04 Å². The van der Waals surface area contributed by atoms with E-state index < -0.39 is 23.4 Å². The molecule has 8 heteroatoms. The largest absolute Gasteiger partial charge is 0.480 e. The molecule has 2 N–H and O–H groups in total. The highest BCUT2D eigenvalue weighted by atomic mass is 19.4. The van der Waals surface area contributed by atoms with Crippen LogP contribution in [0, 0.1) is 0 Å². The van der Waals surface area contributed by atoms with Gasteiger partial charge in [0, 0.05) is 6.20 Å². The van der Waals surface area contributed by atoms with Crippen molar-refractivity contribution in [1.82, 2.24) is 15.1 Å². The molecule has 1 aliphatic carbocycles. The van der Waals surface area contributed by atoms with Gasteiger partial charge in [-0.15, -0.1) is 0 Å². The second-order valence-corrected chi connectivity index (χ2v) is 4.99. The zero-order valence-corrected chi connectivity index (χ0v) is 10.9. The Morgan fingerprint density at radius 1 is 1.65 bits per heavy atom. The lowest BCUT2D eigenvalue weighted by molar-refractivity contribution is -0.145. The molecule has 1 heterocycles. The van der Waals surface area contributed by atoms with Gasteiger partial charge in [-0.05, 0) is 31.9 Å². The zero-order valence-electron chi connectivity index (χ0n) is 10.9. The standard InChI is InChI=1S/C12H16F3N3O2/c1-2-16-11(10(19)20)5-3-8(7-11)18-6-4-9(17-18)12(13,14)15/h4,6,8,16H,2-3,5,7H2,1H3,(H,19,20). The molecule has 2 unspecified atom stereocenters. The Hall–Kier alpha value is -1.57. The van der Waals surface area contributed by atoms with Crippen molar-refractivity contribution in [2.45, 2.75) is 43.9 Å². The van der Waals surface area contributed by atoms with Gasteiger partial charge in [-0.3, -0.25) is 9.48 Å². The number of carboxylic acids is 1. The number of hydrogen-bond donors (Lipinski definition) is 2. The van der Waals surface area contributed by atoms with Gasteiger partial charge in [0.2, 0.25) is 0 Å². The minimum Gasteiger partial charge on any atom is -0.480 e. The van der Waals surface area contributed by atoms with Crippen molar-refractivity contribution in [3.05, 3.63) is 18.0 Å². The van der Waals surface area contributed by atoms with E-state index in [-0.39, 0.29) is 12.5 Å². The summed E-state index contributed by atoms with van der Waals surface area (Å²) in [4.78, 5) is 11.4. The van der Waals surface area contributed by atoms with Crippen molar-refractivity contribution in [3.63, 3.8) is 0 Å². The summed E-state index contributed by atoms with van der Waals surface area (Å²) in [5, 5.41) is 15.8. The maximum absolute atomic E-state index is 12.5. The molecule has 1 aliphatic rings. The Morgan fingerprint density at radius 3 is 2.85 bits per heavy atom. The Labute approximate surface area is 113 Å². The number of nitrogens with zero attached hydrogens (tertiary/aromatic N) is 2. The Kier molecular flexibility index (Phi) is 3.77. The lowest BCUT2D eigenvalue weighted by Crippen LogP contribution is -2.50. The van der Waals surface area contributed by atoms with Crippen molar-refractivity contribution >= 4 is 5.97 Å². The first-order chi connectivity index (χ1) is 9.28. The number of carbonyl (C=O) groups is 1. The number of alkyl halides is 3. The van der Waals surface area contributed by atoms with Crippen LogP contribution in [0.5, 0.6) is 0 Å². The molecule has 0 radical (unpaired) electrons. The van der Waals surface area contributed by atoms with Gasteiger partial charge < -0.3 is 10.4 Å². The van der Waals surface area contributed by atoms with Gasteiger partial charge in [-0.1, -0.05) is 6.92 Å². The number of likely N-dealkylation sites (N-methyl/N-ethyl adjacent to an activating group) is 1. The molecule has 1 fully saturated rings. The first-order valence-corrected chi connectivity index (χ1v) is 6.39. The first kappa shape index (κ1) is 14.8. The summed E-state index contributed by atoms with van der Waals surface area (Å²) in [6.45, 7) is 2.29. The number of hydrogen-bond acceptors (Lipinski definition) is 3. The molecule has 1 saturated carbocycles. The van der Waals surface area contributed by atoms with E-state index in [1.54, 1.807) is 6.92 Å². The Bertz CT molecular complexity index is 500. The van der Waals surface area contributed by atoms with E-state index in [0.717, 1.165) is 6.07 Å². The van der Waals surface area contributed by atoms with Gasteiger partial charge in [0.15, 0.2) is 5.69 Å². The molecule has 2 atom stereocenters. The summed E-state index contributed by atoms with van der Waals surface area (Å²) in [5.41, 5.74) is -2.02. The highest BCUT2D eigenvalue weighted by Crippen LogP contribution is 2.38. The fourth-order valence-corrected chi connectivity index (χ4v) is 2.71. The van der Waals surface area contributed by atoms with Crippen LogP contribution in [0.2, 0.25) is 0 Å². The summed E-state index contributed by atoms with van der Waals surface area (Å²) in [7, 11) is 0. The monoisotopic (exact) mass is 291 g/mol. The van der Waals surface area contributed by atoms with E-state index in [1.807, 2.05) is 0 Å². The molecule has 0 spiro atoms. The third kappa shape index (κ3) is 2.65. The second kappa shape index (κ2) is 5.08. The van der Waals surface area contributed by atoms with Crippen LogP contribution in [-0.2, 0) is 11.0 Å². The van der Waals surface area contributed by atoms with Gasteiger partial charge in [0.1, 0.15) is 5.54 Å². The molecule has 2 rings (SSSR count). The molecule has 1 aromatic rings. The molecular formula is C12H16F3N3O2. The molecule has 0 amide bonds. The van der Waals surface area contributed by atoms with Crippen LogP contribution in [0.15, 0.2) is 12.3 Å². The van der Waals surface area contributed by atoms with Crippen molar-refractivity contribution in [1.29, 1.82) is 0 Å². The fourth-order valence-electron chi connectivity index (χ4n) is 2.71. The molecule has 0 bridgehead atoms. The summed E-state index contributed by atoms with van der Waals surface area (Å²) in [6.07, 6.45) is -2.12. The minimum absolute atomic E-state index is 0.231. The van der Waals surface area contributed by atoms with Gasteiger partial charge in [0.25, 0.3) is 0 Å². The van der Waals surface area contributed by atoms with Crippen molar-refractivity contribution in [2.24, 2.45) is 0 Å². The number of rotatable bonds is 4. The predicted molar refractivity (Wildman–Crippen MR) is 64.2 cm³/mol. The Morgan fingerprint density at radius 2 is 2.35 bits per heavy atom. The summed E-state index contributed by atoms with van der Waals surface area (Å²) in [5.74, 6) is -0.968. The zero-order chi connectivity index (χ0) is 15.0. The van der Waals surface area contributed by atoms with Crippen LogP contribution in [0.1, 0.15) is 37.9 Å². The molecule has 1 aromatic heterocycles. The molecule has 112 valence electrons. The van der Waals surface area contributed by atoms with Crippen LogP contribution in [0.3, 0.4) is 0 Å². The predicted octanol–water partition coefficient (Wildman–Crippen LogP) is 2.06. The van der Waals surface area contributed by atoms with E-state index in [2.05, 4.69) is 10.4 Å². The normalized spacial score (nSPS) is 26.9. The molecule has 20 heavy (non-hydrogen) atoms. The Balaban J connectivity index is 2.16. The van der Waals surface area contributed by atoms with Crippen molar-refractivity contribution in [3.8, 4) is 0 Å². The van der Waals surface area contributed by atoms with Gasteiger partial charge in [-0.25, -0.2) is 0 Å². The number of aromatic nitrogens is 2. The van der Waals surface area contributed by atoms with Crippen molar-refractivity contribution in [2.75, 3.05) is 6.54 Å². The van der Waals surface area contributed by atoms with Crippen LogP contribution in [0.4, 0.5) is 13.2 Å². The van der Waals surface area contributed by atoms with E-state index in [1.165, 1.54) is 10.9 Å². The smallest absolute Gasteiger partial charge is 0.435 e. The third-order valence-corrected chi connectivity index (χ3v) is 3.69. The second-order valence-electron chi connectivity index (χ2n) is 4.99. The van der Waals surface area contributed by atoms with Crippen LogP contribution < -0.4 is 5.32 Å². The average Bonchev–Trinajstić information content (AvgIpc) is 2.94. The maximum Gasteiger partial charge on any atom is 0.435 e. The quantitative estimate of drug-likeness (QED) is 0.891. The van der Waals surface area contributed by atoms with E-state index >= 15 is 0 Å². The number of carboxylic acid groups (broad SMARTS) is 1. The molecule has 5 nitrogen and oxygen atoms in total. The fraction of sp³-hybridized carbons (Fsp3) is 0.667. The number of halogens is 3. The van der Waals surface area contributed by atoms with E-state index in [4.69, 9.17) is 0 Å². The lowest BCUT2D eigenvalue weighted by atomic mass is 9.97. The van der Waals surface area contributed by atoms with Gasteiger partial charge in [-0.2, -0.15) is 18.3 Å².